The van der Waals surface area contributed by atoms with Gasteiger partial charge in [-0.3, -0.25) is 4.79 Å². The molecule has 1 aromatic rings. The molecule has 1 aliphatic heterocycles. The molecule has 0 radical (unpaired) electrons. The molecule has 0 fully saturated rings. The standard InChI is InChI=1S/C16H26N4O/c1-16(2,11-20(3)4)10-19-15(21)12-6-5-7-13-14(12)18-9-8-17-13/h5-7,17-18H,8-11H2,1-4H3,(H,19,21). The third kappa shape index (κ3) is 4.11. The zero-order valence-corrected chi connectivity index (χ0v) is 13.4. The second-order valence-corrected chi connectivity index (χ2v) is 6.67. The SMILES string of the molecule is CN(C)CC(C)(C)CNC(=O)c1cccc2c1NCCN2. The van der Waals surface area contributed by atoms with Gasteiger partial charge in [-0.25, -0.2) is 0 Å². The highest BCUT2D eigenvalue weighted by molar-refractivity contribution is 6.02. The smallest absolute Gasteiger partial charge is 0.253 e. The first-order chi connectivity index (χ1) is 9.89. The third-order valence-corrected chi connectivity index (χ3v) is 3.52. The van der Waals surface area contributed by atoms with Crippen LogP contribution < -0.4 is 16.0 Å². The highest BCUT2D eigenvalue weighted by Gasteiger charge is 2.22. The Morgan fingerprint density at radius 3 is 2.71 bits per heavy atom. The van der Waals surface area contributed by atoms with Crippen LogP contribution in [-0.2, 0) is 0 Å². The molecule has 2 rings (SSSR count). The first kappa shape index (κ1) is 15.6. The molecule has 1 aromatic carbocycles. The molecular weight excluding hydrogens is 264 g/mol. The maximum absolute atomic E-state index is 12.5. The van der Waals surface area contributed by atoms with Gasteiger partial charge in [-0.2, -0.15) is 0 Å². The van der Waals surface area contributed by atoms with Crippen molar-refractivity contribution >= 4 is 17.3 Å². The van der Waals surface area contributed by atoms with Gasteiger partial charge in [-0.05, 0) is 31.6 Å². The molecule has 0 atom stereocenters. The summed E-state index contributed by atoms with van der Waals surface area (Å²) in [5.41, 5.74) is 2.66. The van der Waals surface area contributed by atoms with Crippen molar-refractivity contribution in [2.45, 2.75) is 13.8 Å². The van der Waals surface area contributed by atoms with Crippen molar-refractivity contribution in [1.82, 2.24) is 10.2 Å². The Hall–Kier alpha value is -1.75. The van der Waals surface area contributed by atoms with Crippen molar-refractivity contribution in [1.29, 1.82) is 0 Å². The van der Waals surface area contributed by atoms with Crippen molar-refractivity contribution < 1.29 is 4.79 Å². The molecule has 0 saturated heterocycles. The van der Waals surface area contributed by atoms with E-state index in [1.807, 2.05) is 32.3 Å². The van der Waals surface area contributed by atoms with Crippen LogP contribution >= 0.6 is 0 Å². The molecule has 1 aliphatic rings. The lowest BCUT2D eigenvalue weighted by Gasteiger charge is -2.29. The minimum absolute atomic E-state index is 0.0186. The summed E-state index contributed by atoms with van der Waals surface area (Å²) < 4.78 is 0. The van der Waals surface area contributed by atoms with Crippen LogP contribution in [0, 0.1) is 5.41 Å². The van der Waals surface area contributed by atoms with Crippen LogP contribution in [0.3, 0.4) is 0 Å². The van der Waals surface area contributed by atoms with Crippen LogP contribution in [-0.4, -0.2) is 51.1 Å². The number of amides is 1. The number of carbonyl (C=O) groups is 1. The molecule has 0 aliphatic carbocycles. The second-order valence-electron chi connectivity index (χ2n) is 6.67. The molecule has 1 amide bonds. The number of fused-ring (bicyclic) bond motifs is 1. The number of para-hydroxylation sites is 1. The van der Waals surface area contributed by atoms with Gasteiger partial charge in [0.25, 0.3) is 5.91 Å². The second kappa shape index (κ2) is 6.35. The summed E-state index contributed by atoms with van der Waals surface area (Å²) in [5, 5.41) is 9.68. The molecule has 0 unspecified atom stereocenters. The molecule has 0 bridgehead atoms. The third-order valence-electron chi connectivity index (χ3n) is 3.52. The van der Waals surface area contributed by atoms with Crippen LogP contribution in [0.25, 0.3) is 0 Å². The molecule has 21 heavy (non-hydrogen) atoms. The van der Waals surface area contributed by atoms with E-state index in [4.69, 9.17) is 0 Å². The van der Waals surface area contributed by atoms with E-state index in [1.54, 1.807) is 0 Å². The van der Waals surface area contributed by atoms with E-state index >= 15 is 0 Å². The van der Waals surface area contributed by atoms with E-state index < -0.39 is 0 Å². The Kier molecular flexibility index (Phi) is 4.73. The van der Waals surface area contributed by atoms with E-state index in [0.29, 0.717) is 12.1 Å². The molecule has 5 nitrogen and oxygen atoms in total. The van der Waals surface area contributed by atoms with Gasteiger partial charge in [0.1, 0.15) is 0 Å². The van der Waals surface area contributed by atoms with Gasteiger partial charge in [0.2, 0.25) is 0 Å². The Bertz CT molecular complexity index is 511. The predicted molar refractivity (Wildman–Crippen MR) is 88.1 cm³/mol. The number of anilines is 2. The van der Waals surface area contributed by atoms with Crippen molar-refractivity contribution in [3.63, 3.8) is 0 Å². The average molecular weight is 290 g/mol. The highest BCUT2D eigenvalue weighted by atomic mass is 16.1. The van der Waals surface area contributed by atoms with Gasteiger partial charge >= 0.3 is 0 Å². The normalized spacial score (nSPS) is 14.1. The molecule has 5 heteroatoms. The van der Waals surface area contributed by atoms with Gasteiger partial charge in [-0.15, -0.1) is 0 Å². The topological polar surface area (TPSA) is 56.4 Å². The minimum Gasteiger partial charge on any atom is -0.382 e. The molecule has 0 aromatic heterocycles. The molecule has 1 heterocycles. The van der Waals surface area contributed by atoms with Crippen molar-refractivity contribution in [2.75, 3.05) is 50.9 Å². The Morgan fingerprint density at radius 1 is 1.29 bits per heavy atom. The quantitative estimate of drug-likeness (QED) is 0.774. The Labute approximate surface area is 127 Å². The van der Waals surface area contributed by atoms with E-state index in [-0.39, 0.29) is 11.3 Å². The summed E-state index contributed by atoms with van der Waals surface area (Å²) in [6.45, 7) is 7.62. The summed E-state index contributed by atoms with van der Waals surface area (Å²) in [4.78, 5) is 14.6. The van der Waals surface area contributed by atoms with E-state index in [1.165, 1.54) is 0 Å². The summed E-state index contributed by atoms with van der Waals surface area (Å²) in [6.07, 6.45) is 0. The largest absolute Gasteiger partial charge is 0.382 e. The molecule has 0 saturated carbocycles. The lowest BCUT2D eigenvalue weighted by molar-refractivity contribution is 0.0930. The van der Waals surface area contributed by atoms with E-state index in [9.17, 15) is 4.79 Å². The fourth-order valence-corrected chi connectivity index (χ4v) is 2.79. The fourth-order valence-electron chi connectivity index (χ4n) is 2.79. The Morgan fingerprint density at radius 2 is 2.00 bits per heavy atom. The number of nitrogens with one attached hydrogen (secondary N) is 3. The van der Waals surface area contributed by atoms with Crippen molar-refractivity contribution in [3.8, 4) is 0 Å². The predicted octanol–water partition coefficient (Wildman–Crippen LogP) is 1.84. The Balaban J connectivity index is 2.04. The number of benzene rings is 1. The number of hydrogen-bond acceptors (Lipinski definition) is 4. The van der Waals surface area contributed by atoms with E-state index in [2.05, 4.69) is 34.7 Å². The lowest BCUT2D eigenvalue weighted by atomic mass is 9.93. The van der Waals surface area contributed by atoms with Crippen molar-refractivity contribution in [2.24, 2.45) is 5.41 Å². The number of nitrogens with zero attached hydrogens (tertiary/aromatic N) is 1. The number of rotatable bonds is 5. The fraction of sp³-hybridized carbons (Fsp3) is 0.562. The summed E-state index contributed by atoms with van der Waals surface area (Å²) in [7, 11) is 4.10. The van der Waals surface area contributed by atoms with Gasteiger partial charge in [-0.1, -0.05) is 19.9 Å². The highest BCUT2D eigenvalue weighted by Crippen LogP contribution is 2.28. The van der Waals surface area contributed by atoms with Gasteiger partial charge in [0.15, 0.2) is 0 Å². The monoisotopic (exact) mass is 290 g/mol. The summed E-state index contributed by atoms with van der Waals surface area (Å²) in [5.74, 6) is -0.0186. The number of hydrogen-bond donors (Lipinski definition) is 3. The van der Waals surface area contributed by atoms with Crippen LogP contribution in [0.15, 0.2) is 18.2 Å². The molecule has 3 N–H and O–H groups in total. The summed E-state index contributed by atoms with van der Waals surface area (Å²) >= 11 is 0. The van der Waals surface area contributed by atoms with Crippen LogP contribution in [0.2, 0.25) is 0 Å². The molecular formula is C16H26N4O. The van der Waals surface area contributed by atoms with Gasteiger partial charge in [0.05, 0.1) is 16.9 Å². The van der Waals surface area contributed by atoms with Crippen LogP contribution in [0.4, 0.5) is 11.4 Å². The van der Waals surface area contributed by atoms with Crippen LogP contribution in [0.1, 0.15) is 24.2 Å². The first-order valence-electron chi connectivity index (χ1n) is 7.43. The van der Waals surface area contributed by atoms with E-state index in [0.717, 1.165) is 31.0 Å². The first-order valence-corrected chi connectivity index (χ1v) is 7.43. The maximum atomic E-state index is 12.5. The molecule has 116 valence electrons. The summed E-state index contributed by atoms with van der Waals surface area (Å²) in [6, 6.07) is 5.78. The number of carbonyl (C=O) groups excluding carboxylic acids is 1. The lowest BCUT2D eigenvalue weighted by Crippen LogP contribution is -2.40. The maximum Gasteiger partial charge on any atom is 0.253 e. The minimum atomic E-state index is -0.0186. The average Bonchev–Trinajstić information content (AvgIpc) is 2.43. The molecule has 0 spiro atoms. The zero-order chi connectivity index (χ0) is 15.5. The van der Waals surface area contributed by atoms with Crippen LogP contribution in [0.5, 0.6) is 0 Å². The zero-order valence-electron chi connectivity index (χ0n) is 13.4. The van der Waals surface area contributed by atoms with Gasteiger partial charge in [0, 0.05) is 26.2 Å². The van der Waals surface area contributed by atoms with Crippen molar-refractivity contribution in [3.05, 3.63) is 23.8 Å². The van der Waals surface area contributed by atoms with Gasteiger partial charge < -0.3 is 20.9 Å².